The maximum atomic E-state index is 10.7. The maximum absolute atomic E-state index is 10.7. The zero-order valence-electron chi connectivity index (χ0n) is 12.1. The van der Waals surface area contributed by atoms with Crippen LogP contribution in [0.25, 0.3) is 0 Å². The quantitative estimate of drug-likeness (QED) is 0.379. The summed E-state index contributed by atoms with van der Waals surface area (Å²) >= 11 is 11.1. The van der Waals surface area contributed by atoms with Crippen molar-refractivity contribution in [2.45, 2.75) is 6.92 Å². The van der Waals surface area contributed by atoms with E-state index >= 15 is 0 Å². The summed E-state index contributed by atoms with van der Waals surface area (Å²) in [5.41, 5.74) is 4.97. The van der Waals surface area contributed by atoms with E-state index in [4.69, 9.17) is 23.8 Å². The summed E-state index contributed by atoms with van der Waals surface area (Å²) in [6.07, 6.45) is 1.37. The number of nitro benzene ring substituents is 1. The summed E-state index contributed by atoms with van der Waals surface area (Å²) in [7, 11) is 0. The van der Waals surface area contributed by atoms with Gasteiger partial charge >= 0.3 is 0 Å². The van der Waals surface area contributed by atoms with Crippen molar-refractivity contribution in [3.63, 3.8) is 0 Å². The number of hydrogen-bond acceptors (Lipinski definition) is 4. The maximum Gasteiger partial charge on any atom is 0.270 e. The number of hydrogen-bond donors (Lipinski definition) is 2. The fourth-order valence-corrected chi connectivity index (χ4v) is 2.04. The number of nitrogens with one attached hydrogen (secondary N) is 2. The highest BCUT2D eigenvalue weighted by atomic mass is 35.5. The predicted molar refractivity (Wildman–Crippen MR) is 96.2 cm³/mol. The summed E-state index contributed by atoms with van der Waals surface area (Å²) in [6, 6.07) is 11.8. The van der Waals surface area contributed by atoms with Gasteiger partial charge < -0.3 is 5.32 Å². The van der Waals surface area contributed by atoms with Crippen molar-refractivity contribution >= 4 is 46.5 Å². The van der Waals surface area contributed by atoms with Gasteiger partial charge in [-0.2, -0.15) is 5.10 Å². The molecule has 0 aliphatic carbocycles. The molecule has 118 valence electrons. The van der Waals surface area contributed by atoms with Gasteiger partial charge in [0.1, 0.15) is 0 Å². The number of nitrogens with zero attached hydrogens (tertiary/aromatic N) is 2. The minimum absolute atomic E-state index is 0.0591. The van der Waals surface area contributed by atoms with Crippen LogP contribution in [0.2, 0.25) is 5.02 Å². The van der Waals surface area contributed by atoms with Crippen LogP contribution in [-0.2, 0) is 0 Å². The van der Waals surface area contributed by atoms with Crippen molar-refractivity contribution in [1.29, 1.82) is 0 Å². The molecule has 0 aliphatic heterocycles. The van der Waals surface area contributed by atoms with Crippen molar-refractivity contribution in [3.8, 4) is 0 Å². The molecule has 0 aliphatic rings. The van der Waals surface area contributed by atoms with E-state index in [-0.39, 0.29) is 5.69 Å². The third-order valence-electron chi connectivity index (χ3n) is 2.87. The molecule has 0 heterocycles. The number of thiocarbonyl (C=S) groups is 1. The molecule has 0 amide bonds. The number of anilines is 1. The number of nitro groups is 1. The second-order valence-electron chi connectivity index (χ2n) is 4.65. The minimum atomic E-state index is -0.495. The molecule has 2 N–H and O–H groups in total. The second kappa shape index (κ2) is 7.66. The Morgan fingerprint density at radius 3 is 2.65 bits per heavy atom. The van der Waals surface area contributed by atoms with Gasteiger partial charge in [-0.3, -0.25) is 15.5 Å². The molecular formula is C15H13ClN4O2S. The average molecular weight is 349 g/mol. The smallest absolute Gasteiger partial charge is 0.270 e. The second-order valence-corrected chi connectivity index (χ2v) is 5.47. The molecule has 2 aromatic carbocycles. The Balaban J connectivity index is 1.98. The van der Waals surface area contributed by atoms with Crippen molar-refractivity contribution in [2.24, 2.45) is 5.10 Å². The first kappa shape index (κ1) is 16.9. The monoisotopic (exact) mass is 348 g/mol. The number of benzene rings is 2. The number of aryl methyl sites for hydroxylation is 1. The lowest BCUT2D eigenvalue weighted by Gasteiger charge is -2.07. The van der Waals surface area contributed by atoms with Crippen molar-refractivity contribution in [2.75, 3.05) is 5.32 Å². The van der Waals surface area contributed by atoms with Crippen LogP contribution in [0.15, 0.2) is 47.6 Å². The van der Waals surface area contributed by atoms with Gasteiger partial charge in [0, 0.05) is 28.4 Å². The van der Waals surface area contributed by atoms with Crippen LogP contribution in [0, 0.1) is 17.0 Å². The summed E-state index contributed by atoms with van der Waals surface area (Å²) in [5, 5.41) is 18.3. The van der Waals surface area contributed by atoms with E-state index in [1.165, 1.54) is 24.4 Å². The van der Waals surface area contributed by atoms with E-state index in [0.29, 0.717) is 15.7 Å². The summed E-state index contributed by atoms with van der Waals surface area (Å²) in [6.45, 7) is 1.99. The van der Waals surface area contributed by atoms with Gasteiger partial charge in [-0.15, -0.1) is 0 Å². The van der Waals surface area contributed by atoms with Gasteiger partial charge in [0.2, 0.25) is 0 Å². The molecule has 2 rings (SSSR count). The molecule has 23 heavy (non-hydrogen) atoms. The molecule has 0 fully saturated rings. The zero-order chi connectivity index (χ0) is 16.8. The molecule has 0 bridgehead atoms. The molecule has 0 saturated carbocycles. The third kappa shape index (κ3) is 5.01. The number of hydrazone groups is 1. The Morgan fingerprint density at radius 2 is 2.00 bits per heavy atom. The summed E-state index contributed by atoms with van der Waals surface area (Å²) < 4.78 is 0. The number of rotatable bonds is 4. The van der Waals surface area contributed by atoms with Crippen LogP contribution in [0.3, 0.4) is 0 Å². The van der Waals surface area contributed by atoms with Crippen LogP contribution >= 0.6 is 23.8 Å². The van der Waals surface area contributed by atoms with Gasteiger partial charge in [-0.25, -0.2) is 0 Å². The first-order chi connectivity index (χ1) is 11.0. The Labute approximate surface area is 143 Å². The van der Waals surface area contributed by atoms with E-state index in [0.717, 1.165) is 11.3 Å². The third-order valence-corrected chi connectivity index (χ3v) is 3.41. The Morgan fingerprint density at radius 1 is 1.30 bits per heavy atom. The molecule has 8 heteroatoms. The molecular weight excluding hydrogens is 336 g/mol. The Hall–Kier alpha value is -2.51. The standard InChI is InChI=1S/C15H13ClN4O2S/c1-10-2-4-12(5-3-10)18-15(23)19-17-9-11-8-13(20(21)22)6-7-14(11)16/h2-9H,1H3,(H2,18,19,23)/b17-9-. The van der Waals surface area contributed by atoms with Gasteiger partial charge in [0.15, 0.2) is 5.11 Å². The summed E-state index contributed by atoms with van der Waals surface area (Å²) in [5.74, 6) is 0. The number of halogens is 1. The number of non-ortho nitro benzene ring substituents is 1. The largest absolute Gasteiger partial charge is 0.331 e. The van der Waals surface area contributed by atoms with E-state index < -0.39 is 4.92 Å². The van der Waals surface area contributed by atoms with E-state index in [9.17, 15) is 10.1 Å². The first-order valence-electron chi connectivity index (χ1n) is 6.56. The molecule has 6 nitrogen and oxygen atoms in total. The average Bonchev–Trinajstić information content (AvgIpc) is 2.51. The lowest BCUT2D eigenvalue weighted by atomic mass is 10.2. The van der Waals surface area contributed by atoms with Crippen LogP contribution in [0.1, 0.15) is 11.1 Å². The normalized spacial score (nSPS) is 10.5. The Kier molecular flexibility index (Phi) is 5.61. The zero-order valence-corrected chi connectivity index (χ0v) is 13.7. The van der Waals surface area contributed by atoms with Crippen molar-refractivity contribution in [3.05, 3.63) is 68.7 Å². The van der Waals surface area contributed by atoms with Crippen LogP contribution in [-0.4, -0.2) is 16.3 Å². The van der Waals surface area contributed by atoms with E-state index in [1.54, 1.807) is 0 Å². The van der Waals surface area contributed by atoms with Gasteiger partial charge in [-0.05, 0) is 37.3 Å². The molecule has 0 unspecified atom stereocenters. The van der Waals surface area contributed by atoms with Crippen molar-refractivity contribution in [1.82, 2.24) is 5.43 Å². The summed E-state index contributed by atoms with van der Waals surface area (Å²) in [4.78, 5) is 10.2. The molecule has 0 spiro atoms. The highest BCUT2D eigenvalue weighted by Gasteiger charge is 2.08. The fourth-order valence-electron chi connectivity index (χ4n) is 1.70. The SMILES string of the molecule is Cc1ccc(NC(=S)N/N=C\c2cc([N+](=O)[O-])ccc2Cl)cc1. The highest BCUT2D eigenvalue weighted by Crippen LogP contribution is 2.20. The lowest BCUT2D eigenvalue weighted by Crippen LogP contribution is -2.23. The van der Waals surface area contributed by atoms with Crippen LogP contribution < -0.4 is 10.7 Å². The molecule has 0 atom stereocenters. The van der Waals surface area contributed by atoms with Gasteiger partial charge in [0.05, 0.1) is 11.1 Å². The minimum Gasteiger partial charge on any atom is -0.331 e. The van der Waals surface area contributed by atoms with Gasteiger partial charge in [0.25, 0.3) is 5.69 Å². The molecule has 0 radical (unpaired) electrons. The Bertz CT molecular complexity index is 763. The molecule has 0 aromatic heterocycles. The van der Waals surface area contributed by atoms with E-state index in [1.807, 2.05) is 31.2 Å². The topological polar surface area (TPSA) is 79.6 Å². The van der Waals surface area contributed by atoms with Crippen molar-refractivity contribution < 1.29 is 4.92 Å². The molecule has 0 saturated heterocycles. The highest BCUT2D eigenvalue weighted by molar-refractivity contribution is 7.80. The lowest BCUT2D eigenvalue weighted by molar-refractivity contribution is -0.384. The molecule has 2 aromatic rings. The van der Waals surface area contributed by atoms with Crippen LogP contribution in [0.4, 0.5) is 11.4 Å². The van der Waals surface area contributed by atoms with Gasteiger partial charge in [-0.1, -0.05) is 29.3 Å². The fraction of sp³-hybridized carbons (Fsp3) is 0.0667. The predicted octanol–water partition coefficient (Wildman–Crippen LogP) is 3.88. The first-order valence-corrected chi connectivity index (χ1v) is 7.35. The van der Waals surface area contributed by atoms with Crippen LogP contribution in [0.5, 0.6) is 0 Å². The van der Waals surface area contributed by atoms with E-state index in [2.05, 4.69) is 15.8 Å².